The molecule has 5 nitrogen and oxygen atoms in total. The molecule has 0 bridgehead atoms. The van der Waals surface area contributed by atoms with E-state index in [0.717, 1.165) is 5.69 Å². The lowest BCUT2D eigenvalue weighted by molar-refractivity contribution is 0.0768. The van der Waals surface area contributed by atoms with Crippen molar-refractivity contribution < 1.29 is 13.2 Å². The molecule has 22 heavy (non-hydrogen) atoms. The maximum absolute atomic E-state index is 12.8. The van der Waals surface area contributed by atoms with Crippen molar-refractivity contribution in [2.24, 2.45) is 0 Å². The molecule has 0 aromatic heterocycles. The number of anilines is 1. The maximum Gasteiger partial charge on any atom is 0.256 e. The van der Waals surface area contributed by atoms with Crippen molar-refractivity contribution in [3.05, 3.63) is 28.8 Å². The molecule has 1 saturated heterocycles. The first-order valence-corrected chi connectivity index (χ1v) is 9.48. The number of amides is 1. The summed E-state index contributed by atoms with van der Waals surface area (Å²) >= 11 is 6.01. The van der Waals surface area contributed by atoms with Crippen LogP contribution in [-0.4, -0.2) is 49.9 Å². The summed E-state index contributed by atoms with van der Waals surface area (Å²) in [6.45, 7) is 5.00. The summed E-state index contributed by atoms with van der Waals surface area (Å²) in [5, 5.41) is 3.22. The van der Waals surface area contributed by atoms with Gasteiger partial charge >= 0.3 is 0 Å². The van der Waals surface area contributed by atoms with Crippen LogP contribution in [0.5, 0.6) is 0 Å². The molecule has 1 heterocycles. The summed E-state index contributed by atoms with van der Waals surface area (Å²) in [6, 6.07) is 5.13. The highest BCUT2D eigenvalue weighted by molar-refractivity contribution is 7.92. The first-order chi connectivity index (χ1) is 10.3. The molecule has 1 amide bonds. The normalized spacial score (nSPS) is 21.2. The molecule has 0 spiro atoms. The summed E-state index contributed by atoms with van der Waals surface area (Å²) in [6.07, 6.45) is 0.463. The van der Waals surface area contributed by atoms with E-state index in [1.54, 1.807) is 30.0 Å². The van der Waals surface area contributed by atoms with Gasteiger partial charge in [0, 0.05) is 30.3 Å². The number of benzene rings is 1. The van der Waals surface area contributed by atoms with Gasteiger partial charge in [-0.3, -0.25) is 4.79 Å². The number of nitrogens with zero attached hydrogens (tertiary/aromatic N) is 1. The van der Waals surface area contributed by atoms with Gasteiger partial charge in [-0.2, -0.15) is 0 Å². The van der Waals surface area contributed by atoms with Crippen LogP contribution in [0, 0.1) is 0 Å². The minimum atomic E-state index is -3.11. The smallest absolute Gasteiger partial charge is 0.256 e. The van der Waals surface area contributed by atoms with Gasteiger partial charge in [0.15, 0.2) is 9.84 Å². The molecule has 1 aromatic rings. The van der Waals surface area contributed by atoms with Crippen molar-refractivity contribution in [2.45, 2.75) is 25.5 Å². The highest BCUT2D eigenvalue weighted by Crippen LogP contribution is 2.23. The third kappa shape index (κ3) is 3.73. The van der Waals surface area contributed by atoms with Gasteiger partial charge in [0.2, 0.25) is 0 Å². The SMILES string of the molecule is CCNc1ccc(Cl)cc1C(=O)N1CC[C@H](C)S(=O)(=O)CC1. The van der Waals surface area contributed by atoms with Gasteiger partial charge in [0.1, 0.15) is 0 Å². The molecule has 1 N–H and O–H groups in total. The number of hydrogen-bond donors (Lipinski definition) is 1. The number of nitrogens with one attached hydrogen (secondary N) is 1. The quantitative estimate of drug-likeness (QED) is 0.914. The molecule has 1 aliphatic heterocycles. The monoisotopic (exact) mass is 344 g/mol. The summed E-state index contributed by atoms with van der Waals surface area (Å²) in [7, 11) is -3.11. The van der Waals surface area contributed by atoms with Crippen molar-refractivity contribution in [1.82, 2.24) is 4.90 Å². The predicted octanol–water partition coefficient (Wildman–Crippen LogP) is 2.42. The van der Waals surface area contributed by atoms with Gasteiger partial charge in [0.25, 0.3) is 5.91 Å². The van der Waals surface area contributed by atoms with Crippen LogP contribution in [0.1, 0.15) is 30.6 Å². The van der Waals surface area contributed by atoms with E-state index in [0.29, 0.717) is 30.1 Å². The van der Waals surface area contributed by atoms with Crippen LogP contribution in [-0.2, 0) is 9.84 Å². The van der Waals surface area contributed by atoms with Crippen molar-refractivity contribution >= 4 is 33.0 Å². The largest absolute Gasteiger partial charge is 0.385 e. The molecule has 1 aromatic carbocycles. The van der Waals surface area contributed by atoms with Crippen LogP contribution in [0.4, 0.5) is 5.69 Å². The second-order valence-corrected chi connectivity index (χ2v) is 8.45. The van der Waals surface area contributed by atoms with Crippen LogP contribution in [0.25, 0.3) is 0 Å². The maximum atomic E-state index is 12.8. The Labute approximate surface area is 136 Å². The molecule has 122 valence electrons. The predicted molar refractivity (Wildman–Crippen MR) is 89.4 cm³/mol. The van der Waals surface area contributed by atoms with Crippen LogP contribution in [0.2, 0.25) is 5.02 Å². The van der Waals surface area contributed by atoms with E-state index < -0.39 is 15.1 Å². The summed E-state index contributed by atoms with van der Waals surface area (Å²) in [5.74, 6) is -0.167. The van der Waals surface area contributed by atoms with E-state index in [1.165, 1.54) is 0 Å². The number of carbonyl (C=O) groups is 1. The molecule has 2 rings (SSSR count). The number of sulfone groups is 1. The lowest BCUT2D eigenvalue weighted by Gasteiger charge is -2.22. The third-order valence-corrected chi connectivity index (χ3v) is 6.38. The summed E-state index contributed by atoms with van der Waals surface area (Å²) < 4.78 is 23.9. The number of halogens is 1. The van der Waals surface area contributed by atoms with Crippen molar-refractivity contribution in [1.29, 1.82) is 0 Å². The van der Waals surface area contributed by atoms with Crippen LogP contribution >= 0.6 is 11.6 Å². The Morgan fingerprint density at radius 1 is 1.41 bits per heavy atom. The molecular formula is C15H21ClN2O3S. The van der Waals surface area contributed by atoms with E-state index in [9.17, 15) is 13.2 Å². The van der Waals surface area contributed by atoms with Gasteiger partial charge in [-0.15, -0.1) is 0 Å². The Hall–Kier alpha value is -1.27. The zero-order valence-electron chi connectivity index (χ0n) is 12.8. The summed E-state index contributed by atoms with van der Waals surface area (Å²) in [4.78, 5) is 14.4. The standard InChI is InChI=1S/C15H21ClN2O3S/c1-3-17-14-5-4-12(16)10-13(14)15(19)18-7-6-11(2)22(20,21)9-8-18/h4-5,10-11,17H,3,6-9H2,1-2H3/t11-/m0/s1. The molecule has 1 fully saturated rings. The summed E-state index contributed by atoms with van der Waals surface area (Å²) in [5.41, 5.74) is 1.21. The Kier molecular flexibility index (Phi) is 5.34. The fourth-order valence-electron chi connectivity index (χ4n) is 2.48. The molecule has 0 unspecified atom stereocenters. The first kappa shape index (κ1) is 17.1. The van der Waals surface area contributed by atoms with Gasteiger partial charge in [0.05, 0.1) is 16.6 Å². The molecule has 1 atom stereocenters. The Morgan fingerprint density at radius 3 is 2.82 bits per heavy atom. The van der Waals surface area contributed by atoms with E-state index >= 15 is 0 Å². The first-order valence-electron chi connectivity index (χ1n) is 7.39. The van der Waals surface area contributed by atoms with Crippen LogP contribution in [0.15, 0.2) is 18.2 Å². The number of rotatable bonds is 3. The number of carbonyl (C=O) groups excluding carboxylic acids is 1. The van der Waals surface area contributed by atoms with Gasteiger partial charge in [-0.25, -0.2) is 8.42 Å². The van der Waals surface area contributed by atoms with Gasteiger partial charge in [-0.05, 0) is 38.5 Å². The molecule has 0 aliphatic carbocycles. The average molecular weight is 345 g/mol. The average Bonchev–Trinajstić information content (AvgIpc) is 2.60. The van der Waals surface area contributed by atoms with E-state index in [4.69, 9.17) is 11.6 Å². The number of hydrogen-bond acceptors (Lipinski definition) is 4. The molecule has 1 aliphatic rings. The molecular weight excluding hydrogens is 324 g/mol. The Morgan fingerprint density at radius 2 is 2.14 bits per heavy atom. The lowest BCUT2D eigenvalue weighted by Crippen LogP contribution is -2.34. The molecule has 7 heteroatoms. The van der Waals surface area contributed by atoms with E-state index in [2.05, 4.69) is 5.32 Å². The minimum Gasteiger partial charge on any atom is -0.385 e. The zero-order valence-corrected chi connectivity index (χ0v) is 14.4. The minimum absolute atomic E-state index is 0.0109. The highest BCUT2D eigenvalue weighted by Gasteiger charge is 2.29. The zero-order chi connectivity index (χ0) is 16.3. The van der Waals surface area contributed by atoms with E-state index in [1.807, 2.05) is 6.92 Å². The highest BCUT2D eigenvalue weighted by atomic mass is 35.5. The van der Waals surface area contributed by atoms with Crippen LogP contribution < -0.4 is 5.32 Å². The van der Waals surface area contributed by atoms with Gasteiger partial charge < -0.3 is 10.2 Å². The fourth-order valence-corrected chi connectivity index (χ4v) is 3.99. The second-order valence-electron chi connectivity index (χ2n) is 5.48. The topological polar surface area (TPSA) is 66.5 Å². The van der Waals surface area contributed by atoms with Crippen molar-refractivity contribution in [3.63, 3.8) is 0 Å². The van der Waals surface area contributed by atoms with Crippen LogP contribution in [0.3, 0.4) is 0 Å². The van der Waals surface area contributed by atoms with Crippen molar-refractivity contribution in [2.75, 3.05) is 30.7 Å². The molecule has 0 radical (unpaired) electrons. The van der Waals surface area contributed by atoms with Crippen molar-refractivity contribution in [3.8, 4) is 0 Å². The Bertz CT molecular complexity index is 661. The second kappa shape index (κ2) is 6.87. The molecule has 0 saturated carbocycles. The van der Waals surface area contributed by atoms with Gasteiger partial charge in [-0.1, -0.05) is 11.6 Å². The lowest BCUT2D eigenvalue weighted by atomic mass is 10.1. The third-order valence-electron chi connectivity index (χ3n) is 3.93. The Balaban J connectivity index is 2.26. The van der Waals surface area contributed by atoms with E-state index in [-0.39, 0.29) is 18.2 Å². The fraction of sp³-hybridized carbons (Fsp3) is 0.533.